The van der Waals surface area contributed by atoms with Gasteiger partial charge in [0.1, 0.15) is 5.54 Å². The SMILES string of the molecule is NC(CC(=O)N1CCC2(C1)NC(=O)NC2=O)C1CC1. The number of hydrogen-bond donors (Lipinski definition) is 3. The van der Waals surface area contributed by atoms with Gasteiger partial charge in [0.25, 0.3) is 5.91 Å². The van der Waals surface area contributed by atoms with Crippen LogP contribution in [-0.2, 0) is 9.59 Å². The second-order valence-corrected chi connectivity index (χ2v) is 5.76. The average molecular weight is 266 g/mol. The van der Waals surface area contributed by atoms with Crippen molar-refractivity contribution in [2.24, 2.45) is 11.7 Å². The fourth-order valence-corrected chi connectivity index (χ4v) is 2.86. The second-order valence-electron chi connectivity index (χ2n) is 5.76. The van der Waals surface area contributed by atoms with E-state index < -0.39 is 11.6 Å². The maximum absolute atomic E-state index is 12.1. The molecule has 2 atom stereocenters. The van der Waals surface area contributed by atoms with Gasteiger partial charge in [0.05, 0.1) is 6.54 Å². The molecule has 2 aliphatic heterocycles. The summed E-state index contributed by atoms with van der Waals surface area (Å²) >= 11 is 0. The van der Waals surface area contributed by atoms with Crippen LogP contribution in [0.3, 0.4) is 0 Å². The highest BCUT2D eigenvalue weighted by molar-refractivity contribution is 6.07. The molecule has 3 fully saturated rings. The van der Waals surface area contributed by atoms with Crippen molar-refractivity contribution >= 4 is 17.8 Å². The Hall–Kier alpha value is -1.63. The fraction of sp³-hybridized carbons (Fsp3) is 0.750. The van der Waals surface area contributed by atoms with Gasteiger partial charge in [-0.1, -0.05) is 0 Å². The quantitative estimate of drug-likeness (QED) is 0.565. The first-order valence-corrected chi connectivity index (χ1v) is 6.67. The van der Waals surface area contributed by atoms with Gasteiger partial charge in [-0.3, -0.25) is 14.9 Å². The number of nitrogens with two attached hydrogens (primary N) is 1. The third-order valence-electron chi connectivity index (χ3n) is 4.27. The Kier molecular flexibility index (Phi) is 2.74. The lowest BCUT2D eigenvalue weighted by Crippen LogP contribution is -2.50. The summed E-state index contributed by atoms with van der Waals surface area (Å²) in [5, 5.41) is 4.85. The smallest absolute Gasteiger partial charge is 0.322 e. The number of hydrogen-bond acceptors (Lipinski definition) is 4. The lowest BCUT2D eigenvalue weighted by Gasteiger charge is -2.22. The molecule has 3 rings (SSSR count). The molecule has 104 valence electrons. The zero-order valence-corrected chi connectivity index (χ0v) is 10.6. The van der Waals surface area contributed by atoms with Gasteiger partial charge in [0.15, 0.2) is 0 Å². The minimum Gasteiger partial charge on any atom is -0.340 e. The minimum atomic E-state index is -0.920. The van der Waals surface area contributed by atoms with Crippen LogP contribution >= 0.6 is 0 Å². The first-order chi connectivity index (χ1) is 9.00. The van der Waals surface area contributed by atoms with Crippen LogP contribution in [0.25, 0.3) is 0 Å². The molecule has 7 heteroatoms. The van der Waals surface area contributed by atoms with Gasteiger partial charge in [-0.25, -0.2) is 4.79 Å². The van der Waals surface area contributed by atoms with Crippen LogP contribution in [0.1, 0.15) is 25.7 Å². The van der Waals surface area contributed by atoms with Crippen molar-refractivity contribution in [3.05, 3.63) is 0 Å². The maximum atomic E-state index is 12.1. The highest BCUT2D eigenvalue weighted by Crippen LogP contribution is 2.33. The highest BCUT2D eigenvalue weighted by Gasteiger charge is 2.51. The van der Waals surface area contributed by atoms with Gasteiger partial charge in [-0.2, -0.15) is 0 Å². The Balaban J connectivity index is 1.60. The Bertz CT molecular complexity index is 448. The summed E-state index contributed by atoms with van der Waals surface area (Å²) in [7, 11) is 0. The van der Waals surface area contributed by atoms with E-state index in [0.717, 1.165) is 12.8 Å². The molecule has 0 bridgehead atoms. The van der Waals surface area contributed by atoms with Crippen molar-refractivity contribution in [3.63, 3.8) is 0 Å². The van der Waals surface area contributed by atoms with Crippen molar-refractivity contribution < 1.29 is 14.4 Å². The van der Waals surface area contributed by atoms with Crippen molar-refractivity contribution in [1.29, 1.82) is 0 Å². The van der Waals surface area contributed by atoms with E-state index in [9.17, 15) is 14.4 Å². The number of nitrogens with one attached hydrogen (secondary N) is 2. The van der Waals surface area contributed by atoms with Crippen molar-refractivity contribution in [2.45, 2.75) is 37.3 Å². The van der Waals surface area contributed by atoms with Gasteiger partial charge in [-0.05, 0) is 25.2 Å². The molecular formula is C12H18N4O3. The van der Waals surface area contributed by atoms with E-state index in [0.29, 0.717) is 25.3 Å². The first kappa shape index (κ1) is 12.4. The van der Waals surface area contributed by atoms with E-state index in [4.69, 9.17) is 5.73 Å². The van der Waals surface area contributed by atoms with Crippen molar-refractivity contribution in [3.8, 4) is 0 Å². The van der Waals surface area contributed by atoms with E-state index in [-0.39, 0.29) is 24.4 Å². The highest BCUT2D eigenvalue weighted by atomic mass is 16.2. The Morgan fingerprint density at radius 2 is 2.21 bits per heavy atom. The Morgan fingerprint density at radius 3 is 2.79 bits per heavy atom. The monoisotopic (exact) mass is 266 g/mol. The molecule has 0 aromatic carbocycles. The van der Waals surface area contributed by atoms with Crippen LogP contribution in [0, 0.1) is 5.92 Å². The number of urea groups is 1. The second kappa shape index (κ2) is 4.19. The van der Waals surface area contributed by atoms with Crippen LogP contribution in [0.15, 0.2) is 0 Å². The van der Waals surface area contributed by atoms with Crippen LogP contribution in [0.5, 0.6) is 0 Å². The van der Waals surface area contributed by atoms with Gasteiger partial charge < -0.3 is 16.0 Å². The molecule has 4 amide bonds. The Morgan fingerprint density at radius 1 is 1.47 bits per heavy atom. The molecule has 4 N–H and O–H groups in total. The lowest BCUT2D eigenvalue weighted by molar-refractivity contribution is -0.131. The number of nitrogens with zero attached hydrogens (tertiary/aromatic N) is 1. The molecule has 1 spiro atoms. The molecule has 1 saturated carbocycles. The third-order valence-corrected chi connectivity index (χ3v) is 4.27. The molecule has 0 radical (unpaired) electrons. The molecule has 1 aliphatic carbocycles. The topological polar surface area (TPSA) is 105 Å². The zero-order valence-electron chi connectivity index (χ0n) is 10.6. The van der Waals surface area contributed by atoms with E-state index in [1.807, 2.05) is 0 Å². The summed E-state index contributed by atoms with van der Waals surface area (Å²) in [6, 6.07) is -0.551. The number of rotatable bonds is 3. The third kappa shape index (κ3) is 2.18. The van der Waals surface area contributed by atoms with Crippen LogP contribution in [0.2, 0.25) is 0 Å². The van der Waals surface area contributed by atoms with Gasteiger partial charge in [-0.15, -0.1) is 0 Å². The number of carbonyl (C=O) groups excluding carboxylic acids is 3. The molecule has 2 heterocycles. The van der Waals surface area contributed by atoms with Crippen LogP contribution in [0.4, 0.5) is 4.79 Å². The predicted molar refractivity (Wildman–Crippen MR) is 65.9 cm³/mol. The molecule has 0 aromatic rings. The molecule has 3 aliphatic rings. The number of likely N-dealkylation sites (tertiary alicyclic amines) is 1. The van der Waals surface area contributed by atoms with E-state index >= 15 is 0 Å². The van der Waals surface area contributed by atoms with Gasteiger partial charge in [0, 0.05) is 19.0 Å². The maximum Gasteiger partial charge on any atom is 0.322 e. The summed E-state index contributed by atoms with van der Waals surface area (Å²) in [4.78, 5) is 36.7. The van der Waals surface area contributed by atoms with Gasteiger partial charge in [0.2, 0.25) is 5.91 Å². The summed E-state index contributed by atoms with van der Waals surface area (Å²) < 4.78 is 0. The number of amides is 4. The van der Waals surface area contributed by atoms with E-state index in [1.54, 1.807) is 4.90 Å². The number of carbonyl (C=O) groups is 3. The minimum absolute atomic E-state index is 0.0229. The van der Waals surface area contributed by atoms with E-state index in [2.05, 4.69) is 10.6 Å². The van der Waals surface area contributed by atoms with Crippen molar-refractivity contribution in [2.75, 3.05) is 13.1 Å². The van der Waals surface area contributed by atoms with Crippen LogP contribution < -0.4 is 16.4 Å². The summed E-state index contributed by atoms with van der Waals surface area (Å²) in [5.74, 6) is 0.125. The fourth-order valence-electron chi connectivity index (χ4n) is 2.86. The molecule has 19 heavy (non-hydrogen) atoms. The summed E-state index contributed by atoms with van der Waals surface area (Å²) in [5.41, 5.74) is 5.03. The average Bonchev–Trinajstić information content (AvgIpc) is 3.05. The lowest BCUT2D eigenvalue weighted by atomic mass is 9.99. The number of imide groups is 1. The molecular weight excluding hydrogens is 248 g/mol. The standard InChI is InChI=1S/C12H18N4O3/c13-8(7-1-2-7)5-9(17)16-4-3-12(6-16)10(18)14-11(19)15-12/h7-8H,1-6,13H2,(H2,14,15,18,19). The van der Waals surface area contributed by atoms with E-state index in [1.165, 1.54) is 0 Å². The van der Waals surface area contributed by atoms with Crippen LogP contribution in [-0.4, -0.2) is 47.4 Å². The summed E-state index contributed by atoms with van der Waals surface area (Å²) in [6.45, 7) is 0.741. The zero-order chi connectivity index (χ0) is 13.6. The molecule has 7 nitrogen and oxygen atoms in total. The Labute approximate surface area is 110 Å². The molecule has 0 aromatic heterocycles. The van der Waals surface area contributed by atoms with Crippen molar-refractivity contribution in [1.82, 2.24) is 15.5 Å². The van der Waals surface area contributed by atoms with Gasteiger partial charge >= 0.3 is 6.03 Å². The molecule has 2 unspecified atom stereocenters. The molecule has 2 saturated heterocycles. The first-order valence-electron chi connectivity index (χ1n) is 6.67. The predicted octanol–water partition coefficient (Wildman–Crippen LogP) is -1.08. The summed E-state index contributed by atoms with van der Waals surface area (Å²) in [6.07, 6.45) is 3.01. The largest absolute Gasteiger partial charge is 0.340 e. The normalized spacial score (nSPS) is 31.5.